The molecule has 0 saturated carbocycles. The number of amides is 1. The molecule has 0 aliphatic rings. The third kappa shape index (κ3) is 4.23. The Labute approximate surface area is 130 Å². The second-order valence-corrected chi connectivity index (χ2v) is 5.68. The van der Waals surface area contributed by atoms with Crippen LogP contribution >= 0.6 is 0 Å². The van der Waals surface area contributed by atoms with E-state index in [2.05, 4.69) is 12.2 Å². The van der Waals surface area contributed by atoms with Crippen LogP contribution in [0.3, 0.4) is 0 Å². The molecule has 1 N–H and O–H groups in total. The number of carbonyl (C=O) groups excluding carboxylic acids is 1. The maximum absolute atomic E-state index is 11.9. The van der Waals surface area contributed by atoms with Gasteiger partial charge in [0.1, 0.15) is 0 Å². The van der Waals surface area contributed by atoms with Crippen LogP contribution in [0.1, 0.15) is 51.9 Å². The van der Waals surface area contributed by atoms with E-state index in [0.717, 1.165) is 12.8 Å². The number of aromatic nitrogens is 1. The standard InChI is InChI=1S/C17H24N2O3/c1-3-4-5-6-7-8-9-16(20)18-13-10-11-15-14(12-13)19(2)17(21)22-15/h10-12H,3-9H2,1-2H3,(H,18,20). The normalized spacial score (nSPS) is 11.0. The smallest absolute Gasteiger partial charge is 0.408 e. The first-order valence-corrected chi connectivity index (χ1v) is 8.01. The Kier molecular flexibility index (Phi) is 5.81. The van der Waals surface area contributed by atoms with Gasteiger partial charge in [0, 0.05) is 19.2 Å². The van der Waals surface area contributed by atoms with Crippen LogP contribution in [0.4, 0.5) is 5.69 Å². The fourth-order valence-corrected chi connectivity index (χ4v) is 2.49. The monoisotopic (exact) mass is 304 g/mol. The van der Waals surface area contributed by atoms with Crippen molar-refractivity contribution in [3.05, 3.63) is 28.7 Å². The first kappa shape index (κ1) is 16.3. The van der Waals surface area contributed by atoms with Crippen LogP contribution in [0.2, 0.25) is 0 Å². The molecule has 0 spiro atoms. The van der Waals surface area contributed by atoms with Crippen molar-refractivity contribution in [2.24, 2.45) is 7.05 Å². The van der Waals surface area contributed by atoms with Crippen molar-refractivity contribution in [3.63, 3.8) is 0 Å². The Morgan fingerprint density at radius 3 is 2.68 bits per heavy atom. The van der Waals surface area contributed by atoms with Crippen molar-refractivity contribution in [1.82, 2.24) is 4.57 Å². The summed E-state index contributed by atoms with van der Waals surface area (Å²) in [5.41, 5.74) is 1.91. The predicted molar refractivity (Wildman–Crippen MR) is 88.1 cm³/mol. The van der Waals surface area contributed by atoms with E-state index in [-0.39, 0.29) is 5.91 Å². The molecule has 0 atom stereocenters. The zero-order valence-electron chi connectivity index (χ0n) is 13.4. The minimum Gasteiger partial charge on any atom is -0.408 e. The lowest BCUT2D eigenvalue weighted by Crippen LogP contribution is -2.11. The Bertz CT molecular complexity index is 685. The molecule has 2 aromatic rings. The van der Waals surface area contributed by atoms with Gasteiger partial charge in [-0.3, -0.25) is 9.36 Å². The molecule has 0 aliphatic heterocycles. The largest absolute Gasteiger partial charge is 0.419 e. The minimum absolute atomic E-state index is 0.0170. The number of rotatable bonds is 8. The summed E-state index contributed by atoms with van der Waals surface area (Å²) >= 11 is 0. The summed E-state index contributed by atoms with van der Waals surface area (Å²) in [6.45, 7) is 2.19. The Morgan fingerprint density at radius 1 is 1.18 bits per heavy atom. The van der Waals surface area contributed by atoms with Crippen LogP contribution in [-0.4, -0.2) is 10.5 Å². The molecule has 0 radical (unpaired) electrons. The van der Waals surface area contributed by atoms with Gasteiger partial charge in [0.25, 0.3) is 0 Å². The summed E-state index contributed by atoms with van der Waals surface area (Å²) in [5, 5.41) is 2.88. The second-order valence-electron chi connectivity index (χ2n) is 5.68. The predicted octanol–water partition coefficient (Wildman–Crippen LogP) is 3.82. The molecule has 5 nitrogen and oxygen atoms in total. The summed E-state index contributed by atoms with van der Waals surface area (Å²) in [4.78, 5) is 23.4. The SMILES string of the molecule is CCCCCCCCC(=O)Nc1ccc2oc(=O)n(C)c2c1. The molecule has 2 rings (SSSR count). The quantitative estimate of drug-likeness (QED) is 0.754. The van der Waals surface area contributed by atoms with E-state index in [1.165, 1.54) is 30.3 Å². The van der Waals surface area contributed by atoms with Crippen molar-refractivity contribution < 1.29 is 9.21 Å². The molecular formula is C17H24N2O3. The van der Waals surface area contributed by atoms with E-state index in [0.29, 0.717) is 23.2 Å². The molecule has 1 aromatic heterocycles. The molecule has 1 aromatic carbocycles. The van der Waals surface area contributed by atoms with Gasteiger partial charge in [-0.25, -0.2) is 4.79 Å². The highest BCUT2D eigenvalue weighted by Crippen LogP contribution is 2.18. The van der Waals surface area contributed by atoms with Crippen molar-refractivity contribution >= 4 is 22.7 Å². The van der Waals surface area contributed by atoms with Crippen molar-refractivity contribution in [3.8, 4) is 0 Å². The van der Waals surface area contributed by atoms with Crippen molar-refractivity contribution in [1.29, 1.82) is 0 Å². The zero-order chi connectivity index (χ0) is 15.9. The zero-order valence-corrected chi connectivity index (χ0v) is 13.4. The molecule has 22 heavy (non-hydrogen) atoms. The molecule has 0 aliphatic carbocycles. The number of nitrogens with zero attached hydrogens (tertiary/aromatic N) is 1. The second kappa shape index (κ2) is 7.82. The Morgan fingerprint density at radius 2 is 1.91 bits per heavy atom. The molecular weight excluding hydrogens is 280 g/mol. The average molecular weight is 304 g/mol. The van der Waals surface area contributed by atoms with Crippen LogP contribution in [0.5, 0.6) is 0 Å². The summed E-state index contributed by atoms with van der Waals surface area (Å²) in [6.07, 6.45) is 7.52. The third-order valence-corrected chi connectivity index (χ3v) is 3.83. The van der Waals surface area contributed by atoms with Gasteiger partial charge in [0.05, 0.1) is 5.52 Å². The lowest BCUT2D eigenvalue weighted by molar-refractivity contribution is -0.116. The van der Waals surface area contributed by atoms with Crippen molar-refractivity contribution in [2.45, 2.75) is 51.9 Å². The number of aryl methyl sites for hydroxylation is 1. The van der Waals surface area contributed by atoms with Gasteiger partial charge >= 0.3 is 5.76 Å². The maximum Gasteiger partial charge on any atom is 0.419 e. The number of unbranched alkanes of at least 4 members (excludes halogenated alkanes) is 5. The number of benzene rings is 1. The topological polar surface area (TPSA) is 64.2 Å². The van der Waals surface area contributed by atoms with E-state index in [4.69, 9.17) is 4.42 Å². The molecule has 1 amide bonds. The lowest BCUT2D eigenvalue weighted by atomic mass is 10.1. The molecule has 1 heterocycles. The van der Waals surface area contributed by atoms with Crippen molar-refractivity contribution in [2.75, 3.05) is 5.32 Å². The molecule has 5 heteroatoms. The number of hydrogen-bond donors (Lipinski definition) is 1. The van der Waals surface area contributed by atoms with E-state index >= 15 is 0 Å². The van der Waals surface area contributed by atoms with Gasteiger partial charge in [-0.05, 0) is 24.6 Å². The van der Waals surface area contributed by atoms with E-state index in [9.17, 15) is 9.59 Å². The third-order valence-electron chi connectivity index (χ3n) is 3.83. The van der Waals surface area contributed by atoms with Gasteiger partial charge in [-0.2, -0.15) is 0 Å². The minimum atomic E-state index is -0.398. The number of carbonyl (C=O) groups is 1. The number of nitrogens with one attached hydrogen (secondary N) is 1. The Hall–Kier alpha value is -2.04. The molecule has 0 saturated heterocycles. The van der Waals surface area contributed by atoms with Crippen LogP contribution in [-0.2, 0) is 11.8 Å². The van der Waals surface area contributed by atoms with Gasteiger partial charge < -0.3 is 9.73 Å². The summed E-state index contributed by atoms with van der Waals surface area (Å²) in [6, 6.07) is 5.22. The maximum atomic E-state index is 11.9. The van der Waals surface area contributed by atoms with Crippen LogP contribution in [0.25, 0.3) is 11.1 Å². The van der Waals surface area contributed by atoms with Gasteiger partial charge in [-0.15, -0.1) is 0 Å². The first-order valence-electron chi connectivity index (χ1n) is 8.01. The molecule has 0 bridgehead atoms. The highest BCUT2D eigenvalue weighted by Gasteiger charge is 2.08. The molecule has 0 fully saturated rings. The van der Waals surface area contributed by atoms with E-state index in [1.807, 2.05) is 0 Å². The highest BCUT2D eigenvalue weighted by atomic mass is 16.4. The van der Waals surface area contributed by atoms with Gasteiger partial charge in [-0.1, -0.05) is 39.0 Å². The van der Waals surface area contributed by atoms with Crippen LogP contribution in [0, 0.1) is 0 Å². The number of fused-ring (bicyclic) bond motifs is 1. The van der Waals surface area contributed by atoms with Gasteiger partial charge in [0.2, 0.25) is 5.91 Å². The molecule has 0 unspecified atom stereocenters. The van der Waals surface area contributed by atoms with E-state index < -0.39 is 5.76 Å². The fourth-order valence-electron chi connectivity index (χ4n) is 2.49. The summed E-state index contributed by atoms with van der Waals surface area (Å²) < 4.78 is 6.49. The number of oxazole rings is 1. The summed E-state index contributed by atoms with van der Waals surface area (Å²) in [7, 11) is 1.65. The highest BCUT2D eigenvalue weighted by molar-refractivity contribution is 5.92. The Balaban J connectivity index is 1.84. The average Bonchev–Trinajstić information content (AvgIpc) is 2.78. The van der Waals surface area contributed by atoms with Crippen LogP contribution < -0.4 is 11.1 Å². The summed E-state index contributed by atoms with van der Waals surface area (Å²) in [5.74, 6) is -0.381. The first-order chi connectivity index (χ1) is 10.6. The lowest BCUT2D eigenvalue weighted by Gasteiger charge is -2.05. The number of anilines is 1. The van der Waals surface area contributed by atoms with Gasteiger partial charge in [0.15, 0.2) is 5.58 Å². The fraction of sp³-hybridized carbons (Fsp3) is 0.529. The van der Waals surface area contributed by atoms with Crippen LogP contribution in [0.15, 0.2) is 27.4 Å². The molecule has 120 valence electrons. The van der Waals surface area contributed by atoms with E-state index in [1.54, 1.807) is 25.2 Å². The number of hydrogen-bond acceptors (Lipinski definition) is 3.